The van der Waals surface area contributed by atoms with E-state index < -0.39 is 5.82 Å². The van der Waals surface area contributed by atoms with Crippen LogP contribution in [0.4, 0.5) is 4.39 Å². The smallest absolute Gasteiger partial charge is 0.283 e. The Morgan fingerprint density at radius 1 is 1.35 bits per heavy atom. The molecule has 132 valence electrons. The molecule has 3 rings (SSSR count). The lowest BCUT2D eigenvalue weighted by Gasteiger charge is -2.10. The number of halogens is 2. The van der Waals surface area contributed by atoms with Gasteiger partial charge in [-0.3, -0.25) is 4.79 Å². The Morgan fingerprint density at radius 2 is 2.08 bits per heavy atom. The van der Waals surface area contributed by atoms with Crippen LogP contribution in [0.25, 0.3) is 16.6 Å². The van der Waals surface area contributed by atoms with E-state index in [0.717, 1.165) is 11.8 Å². The standard InChI is InChI=1S/C19H16BrFN4O/c1-25-16-8-13(7-15(21)17(16)24-18(20)19(25)26)14(9-22)11-23-10-12-5-3-2-4-6-12/h2-9,11,22-23H,10H2,1H3/b14-11+,22-9?. The Labute approximate surface area is 157 Å². The summed E-state index contributed by atoms with van der Waals surface area (Å²) < 4.78 is 15.9. The average molecular weight is 415 g/mol. The molecule has 7 heteroatoms. The summed E-state index contributed by atoms with van der Waals surface area (Å²) in [6.07, 6.45) is 2.80. The fraction of sp³-hybridized carbons (Fsp3) is 0.105. The highest BCUT2D eigenvalue weighted by Crippen LogP contribution is 2.22. The number of fused-ring (bicyclic) bond motifs is 1. The molecule has 0 atom stereocenters. The number of aromatic nitrogens is 2. The molecular formula is C19H16BrFN4O. The van der Waals surface area contributed by atoms with E-state index in [-0.39, 0.29) is 15.7 Å². The second-order valence-electron chi connectivity index (χ2n) is 5.70. The van der Waals surface area contributed by atoms with Crippen LogP contribution in [0.5, 0.6) is 0 Å². The van der Waals surface area contributed by atoms with Crippen LogP contribution in [0, 0.1) is 11.2 Å². The number of rotatable bonds is 5. The molecule has 2 N–H and O–H groups in total. The Hall–Kier alpha value is -2.80. The quantitative estimate of drug-likeness (QED) is 0.626. The van der Waals surface area contributed by atoms with E-state index in [1.807, 2.05) is 30.3 Å². The maximum Gasteiger partial charge on any atom is 0.283 e. The number of nitrogens with zero attached hydrogens (tertiary/aromatic N) is 2. The largest absolute Gasteiger partial charge is 0.386 e. The zero-order valence-electron chi connectivity index (χ0n) is 14.0. The number of hydrogen-bond acceptors (Lipinski definition) is 4. The molecule has 5 nitrogen and oxygen atoms in total. The van der Waals surface area contributed by atoms with E-state index in [2.05, 4.69) is 26.2 Å². The van der Waals surface area contributed by atoms with Crippen molar-refractivity contribution < 1.29 is 4.39 Å². The molecule has 0 unspecified atom stereocenters. The van der Waals surface area contributed by atoms with Crippen LogP contribution in [0.1, 0.15) is 11.1 Å². The van der Waals surface area contributed by atoms with Gasteiger partial charge in [-0.05, 0) is 39.2 Å². The summed E-state index contributed by atoms with van der Waals surface area (Å²) >= 11 is 3.05. The van der Waals surface area contributed by atoms with E-state index in [0.29, 0.717) is 23.2 Å². The minimum atomic E-state index is -0.551. The summed E-state index contributed by atoms with van der Waals surface area (Å²) in [6, 6.07) is 12.8. The Kier molecular flexibility index (Phi) is 5.27. The third-order valence-electron chi connectivity index (χ3n) is 3.99. The molecule has 1 heterocycles. The van der Waals surface area contributed by atoms with Crippen molar-refractivity contribution in [3.05, 3.63) is 80.6 Å². The fourth-order valence-electron chi connectivity index (χ4n) is 2.59. The van der Waals surface area contributed by atoms with Crippen LogP contribution >= 0.6 is 15.9 Å². The van der Waals surface area contributed by atoms with Crippen LogP contribution in [0.2, 0.25) is 0 Å². The third-order valence-corrected chi connectivity index (χ3v) is 4.51. The topological polar surface area (TPSA) is 70.8 Å². The van der Waals surface area contributed by atoms with Crippen molar-refractivity contribution in [2.45, 2.75) is 6.54 Å². The third kappa shape index (κ3) is 3.57. The van der Waals surface area contributed by atoms with E-state index in [9.17, 15) is 9.18 Å². The Bertz CT molecular complexity index is 1060. The molecule has 0 aliphatic heterocycles. The molecule has 2 aromatic carbocycles. The molecule has 3 aromatic rings. The first-order chi connectivity index (χ1) is 12.5. The van der Waals surface area contributed by atoms with Crippen LogP contribution < -0.4 is 10.9 Å². The lowest BCUT2D eigenvalue weighted by atomic mass is 10.1. The number of benzene rings is 2. The number of hydrogen-bond donors (Lipinski definition) is 2. The summed E-state index contributed by atoms with van der Waals surface area (Å²) in [5.74, 6) is -0.551. The van der Waals surface area contributed by atoms with Crippen molar-refractivity contribution in [1.82, 2.24) is 14.9 Å². The van der Waals surface area contributed by atoms with Crippen molar-refractivity contribution in [3.63, 3.8) is 0 Å². The lowest BCUT2D eigenvalue weighted by Crippen LogP contribution is -2.19. The van der Waals surface area contributed by atoms with E-state index >= 15 is 0 Å². The Balaban J connectivity index is 1.98. The zero-order valence-corrected chi connectivity index (χ0v) is 15.5. The molecule has 0 bridgehead atoms. The molecule has 0 amide bonds. The fourth-order valence-corrected chi connectivity index (χ4v) is 3.04. The van der Waals surface area contributed by atoms with E-state index in [4.69, 9.17) is 5.41 Å². The predicted molar refractivity (Wildman–Crippen MR) is 105 cm³/mol. The summed E-state index contributed by atoms with van der Waals surface area (Å²) in [5.41, 5.74) is 2.20. The van der Waals surface area contributed by atoms with Gasteiger partial charge in [-0.15, -0.1) is 0 Å². The van der Waals surface area contributed by atoms with Gasteiger partial charge in [0, 0.05) is 31.6 Å². The van der Waals surface area contributed by atoms with Crippen LogP contribution in [0.15, 0.2) is 58.1 Å². The van der Waals surface area contributed by atoms with Gasteiger partial charge in [0.1, 0.15) is 5.52 Å². The highest BCUT2D eigenvalue weighted by Gasteiger charge is 2.13. The molecule has 0 aliphatic carbocycles. The monoisotopic (exact) mass is 414 g/mol. The highest BCUT2D eigenvalue weighted by atomic mass is 79.9. The predicted octanol–water partition coefficient (Wildman–Crippen LogP) is 3.62. The molecule has 0 saturated heterocycles. The first kappa shape index (κ1) is 18.0. The molecule has 26 heavy (non-hydrogen) atoms. The second kappa shape index (κ2) is 7.61. The minimum Gasteiger partial charge on any atom is -0.386 e. The van der Waals surface area contributed by atoms with Gasteiger partial charge in [0.15, 0.2) is 10.4 Å². The van der Waals surface area contributed by atoms with Crippen molar-refractivity contribution in [3.8, 4) is 0 Å². The van der Waals surface area contributed by atoms with E-state index in [1.165, 1.54) is 10.6 Å². The van der Waals surface area contributed by atoms with Gasteiger partial charge in [-0.2, -0.15) is 0 Å². The molecule has 0 fully saturated rings. The molecule has 0 radical (unpaired) electrons. The van der Waals surface area contributed by atoms with Crippen molar-refractivity contribution in [2.24, 2.45) is 7.05 Å². The van der Waals surface area contributed by atoms with Crippen LogP contribution in [-0.4, -0.2) is 15.8 Å². The van der Waals surface area contributed by atoms with Gasteiger partial charge in [-0.25, -0.2) is 9.37 Å². The minimum absolute atomic E-state index is 0.0616. The molecule has 0 spiro atoms. The Morgan fingerprint density at radius 3 is 2.77 bits per heavy atom. The maximum atomic E-state index is 14.5. The summed E-state index contributed by atoms with van der Waals surface area (Å²) in [7, 11) is 1.56. The van der Waals surface area contributed by atoms with Crippen molar-refractivity contribution in [2.75, 3.05) is 0 Å². The SMILES string of the molecule is Cn1c(=O)c(Br)nc2c(F)cc(/C(C=N)=C/NCc3ccccc3)cc21. The van der Waals surface area contributed by atoms with Gasteiger partial charge in [-0.1, -0.05) is 30.3 Å². The van der Waals surface area contributed by atoms with Crippen LogP contribution in [0.3, 0.4) is 0 Å². The number of allylic oxidation sites excluding steroid dienone is 1. The second-order valence-corrected chi connectivity index (χ2v) is 6.45. The van der Waals surface area contributed by atoms with Gasteiger partial charge in [0.05, 0.1) is 5.52 Å². The number of nitrogens with one attached hydrogen (secondary N) is 2. The normalized spacial score (nSPS) is 11.6. The van der Waals surface area contributed by atoms with Gasteiger partial charge in [0.25, 0.3) is 5.56 Å². The zero-order chi connectivity index (χ0) is 18.7. The summed E-state index contributed by atoms with van der Waals surface area (Å²) in [4.78, 5) is 16.0. The first-order valence-corrected chi connectivity index (χ1v) is 8.64. The number of aryl methyl sites for hydroxylation is 1. The maximum absolute atomic E-state index is 14.5. The van der Waals surface area contributed by atoms with E-state index in [1.54, 1.807) is 19.3 Å². The summed E-state index contributed by atoms with van der Waals surface area (Å²) in [6.45, 7) is 0.585. The summed E-state index contributed by atoms with van der Waals surface area (Å²) in [5, 5.41) is 10.8. The van der Waals surface area contributed by atoms with Crippen LogP contribution in [-0.2, 0) is 13.6 Å². The lowest BCUT2D eigenvalue weighted by molar-refractivity contribution is 0.634. The van der Waals surface area contributed by atoms with Gasteiger partial charge in [0.2, 0.25) is 0 Å². The van der Waals surface area contributed by atoms with Crippen molar-refractivity contribution >= 4 is 38.8 Å². The highest BCUT2D eigenvalue weighted by molar-refractivity contribution is 9.10. The molecule has 1 aromatic heterocycles. The van der Waals surface area contributed by atoms with Gasteiger partial charge >= 0.3 is 0 Å². The average Bonchev–Trinajstić information content (AvgIpc) is 2.65. The van der Waals surface area contributed by atoms with Gasteiger partial charge < -0.3 is 15.3 Å². The molecule has 0 saturated carbocycles. The molecular weight excluding hydrogens is 399 g/mol. The molecule has 0 aliphatic rings. The first-order valence-electron chi connectivity index (χ1n) is 7.85. The van der Waals surface area contributed by atoms with Crippen molar-refractivity contribution in [1.29, 1.82) is 5.41 Å².